The van der Waals surface area contributed by atoms with Crippen LogP contribution in [0.4, 0.5) is 0 Å². The van der Waals surface area contributed by atoms with Crippen LogP contribution in [0, 0.1) is 52.8 Å². The fourth-order valence-electron chi connectivity index (χ4n) is 9.52. The summed E-state index contributed by atoms with van der Waals surface area (Å²) in [4.78, 5) is 13.1. The predicted molar refractivity (Wildman–Crippen MR) is 102 cm³/mol. The van der Waals surface area contributed by atoms with Gasteiger partial charge in [0.1, 0.15) is 0 Å². The first-order chi connectivity index (χ1) is 13.6. The van der Waals surface area contributed by atoms with Crippen LogP contribution in [-0.4, -0.2) is 31.6 Å². The number of hydrogen-bond donors (Lipinski definition) is 0. The molecule has 4 unspecified atom stereocenters. The molecular formula is C24H34O4. The number of rotatable bonds is 3. The zero-order valence-electron chi connectivity index (χ0n) is 16.9. The molecule has 1 heterocycles. The monoisotopic (exact) mass is 386 g/mol. The first kappa shape index (κ1) is 17.1. The van der Waals surface area contributed by atoms with E-state index in [1.54, 1.807) is 0 Å². The third-order valence-corrected chi connectivity index (χ3v) is 10.1. The second-order valence-electron chi connectivity index (χ2n) is 11.9. The predicted octanol–water partition coefficient (Wildman–Crippen LogP) is 4.17. The SMILES string of the molecule is O=C(OCC1COC2(OC1)C1CC3CC(C1)C2C3)C12CC3CC(CC(C3)C1)C2. The van der Waals surface area contributed by atoms with Gasteiger partial charge in [-0.1, -0.05) is 0 Å². The fraction of sp³-hybridized carbons (Fsp3) is 0.958. The largest absolute Gasteiger partial charge is 0.465 e. The molecule has 9 aliphatic rings. The molecule has 0 aromatic heterocycles. The van der Waals surface area contributed by atoms with Crippen molar-refractivity contribution in [3.05, 3.63) is 0 Å². The minimum atomic E-state index is -0.280. The van der Waals surface area contributed by atoms with Gasteiger partial charge in [0.2, 0.25) is 0 Å². The normalized spacial score (nSPS) is 58.0. The summed E-state index contributed by atoms with van der Waals surface area (Å²) in [5.74, 6) is 5.41. The first-order valence-corrected chi connectivity index (χ1v) is 12.1. The number of hydrogen-bond acceptors (Lipinski definition) is 4. The van der Waals surface area contributed by atoms with Gasteiger partial charge in [0.15, 0.2) is 5.79 Å². The Balaban J connectivity index is 0.976. The van der Waals surface area contributed by atoms with Crippen molar-refractivity contribution in [1.82, 2.24) is 0 Å². The van der Waals surface area contributed by atoms with Crippen LogP contribution in [0.3, 0.4) is 0 Å². The van der Waals surface area contributed by atoms with E-state index in [1.807, 2.05) is 0 Å². The van der Waals surface area contributed by atoms with Crippen LogP contribution in [0.5, 0.6) is 0 Å². The molecule has 0 N–H and O–H groups in total. The molecule has 28 heavy (non-hydrogen) atoms. The standard InChI is InChI=1S/C24H34O4/c25-22(23-8-15-1-16(9-23)3-17(2-15)10-23)26-11-18-12-27-24(28-13-18)20-5-14-4-19(7-20)21(24)6-14/h14-21H,1-13H2. The van der Waals surface area contributed by atoms with E-state index in [0.717, 1.165) is 48.9 Å². The van der Waals surface area contributed by atoms with E-state index in [0.29, 0.717) is 31.7 Å². The van der Waals surface area contributed by atoms with Crippen molar-refractivity contribution in [3.8, 4) is 0 Å². The number of ether oxygens (including phenoxy) is 3. The maximum absolute atomic E-state index is 13.1. The Labute approximate surface area is 168 Å². The van der Waals surface area contributed by atoms with Crippen molar-refractivity contribution in [2.75, 3.05) is 19.8 Å². The molecule has 1 saturated heterocycles. The summed E-state index contributed by atoms with van der Waals surface area (Å²) in [6.45, 7) is 1.90. The van der Waals surface area contributed by atoms with E-state index in [-0.39, 0.29) is 23.1 Å². The van der Waals surface area contributed by atoms with Gasteiger partial charge in [-0.25, -0.2) is 0 Å². The molecule has 0 radical (unpaired) electrons. The molecule has 0 amide bonds. The second-order valence-corrected chi connectivity index (χ2v) is 11.9. The molecule has 154 valence electrons. The molecule has 4 atom stereocenters. The van der Waals surface area contributed by atoms with Crippen LogP contribution in [0.1, 0.15) is 64.2 Å². The Morgan fingerprint density at radius 2 is 1.50 bits per heavy atom. The number of carbonyl (C=O) groups excluding carboxylic acids is 1. The molecule has 1 aliphatic heterocycles. The lowest BCUT2D eigenvalue weighted by molar-refractivity contribution is -0.329. The van der Waals surface area contributed by atoms with Crippen LogP contribution in [0.15, 0.2) is 0 Å². The molecule has 0 aromatic carbocycles. The first-order valence-electron chi connectivity index (χ1n) is 12.1. The topological polar surface area (TPSA) is 44.8 Å². The minimum absolute atomic E-state index is 0.102. The van der Waals surface area contributed by atoms with Gasteiger partial charge in [-0.05, 0) is 93.8 Å². The van der Waals surface area contributed by atoms with Crippen LogP contribution in [0.2, 0.25) is 0 Å². The third kappa shape index (κ3) is 2.28. The van der Waals surface area contributed by atoms with E-state index in [1.165, 1.54) is 44.9 Å². The van der Waals surface area contributed by atoms with E-state index in [2.05, 4.69) is 0 Å². The van der Waals surface area contributed by atoms with E-state index in [4.69, 9.17) is 14.2 Å². The van der Waals surface area contributed by atoms with Gasteiger partial charge in [0.25, 0.3) is 0 Å². The van der Waals surface area contributed by atoms with E-state index >= 15 is 0 Å². The molecule has 8 aliphatic carbocycles. The van der Waals surface area contributed by atoms with Gasteiger partial charge in [-0.15, -0.1) is 0 Å². The summed E-state index contributed by atoms with van der Waals surface area (Å²) < 4.78 is 18.9. The zero-order valence-corrected chi connectivity index (χ0v) is 16.9. The van der Waals surface area contributed by atoms with Crippen molar-refractivity contribution in [3.63, 3.8) is 0 Å². The summed E-state index contributed by atoms with van der Waals surface area (Å²) >= 11 is 0. The maximum atomic E-state index is 13.1. The van der Waals surface area contributed by atoms with E-state index in [9.17, 15) is 4.79 Å². The number of carbonyl (C=O) groups is 1. The van der Waals surface area contributed by atoms with Gasteiger partial charge < -0.3 is 14.2 Å². The number of esters is 1. The van der Waals surface area contributed by atoms with Crippen molar-refractivity contribution >= 4 is 5.97 Å². The maximum Gasteiger partial charge on any atom is 0.312 e. The van der Waals surface area contributed by atoms with Gasteiger partial charge in [-0.3, -0.25) is 4.79 Å². The van der Waals surface area contributed by atoms with Crippen molar-refractivity contribution < 1.29 is 19.0 Å². The Hall–Kier alpha value is -0.610. The van der Waals surface area contributed by atoms with Gasteiger partial charge in [0.05, 0.1) is 25.2 Å². The molecule has 1 spiro atoms. The molecule has 9 rings (SSSR count). The highest BCUT2D eigenvalue weighted by atomic mass is 16.7. The molecule has 8 saturated carbocycles. The van der Waals surface area contributed by atoms with Crippen LogP contribution in [0.25, 0.3) is 0 Å². The Morgan fingerprint density at radius 1 is 0.821 bits per heavy atom. The third-order valence-electron chi connectivity index (χ3n) is 10.1. The molecule has 0 aromatic rings. The van der Waals surface area contributed by atoms with Gasteiger partial charge in [0, 0.05) is 17.8 Å². The molecule has 4 nitrogen and oxygen atoms in total. The van der Waals surface area contributed by atoms with Gasteiger partial charge in [-0.2, -0.15) is 0 Å². The smallest absolute Gasteiger partial charge is 0.312 e. The summed E-state index contributed by atoms with van der Waals surface area (Å²) in [5.41, 5.74) is -0.143. The average Bonchev–Trinajstić information content (AvgIpc) is 3.08. The van der Waals surface area contributed by atoms with Crippen molar-refractivity contribution in [1.29, 1.82) is 0 Å². The summed E-state index contributed by atoms with van der Waals surface area (Å²) in [6.07, 6.45) is 12.7. The summed E-state index contributed by atoms with van der Waals surface area (Å²) in [6, 6.07) is 0. The lowest BCUT2D eigenvalue weighted by Crippen LogP contribution is -2.54. The molecular weight excluding hydrogens is 352 g/mol. The van der Waals surface area contributed by atoms with Crippen LogP contribution in [-0.2, 0) is 19.0 Å². The van der Waals surface area contributed by atoms with E-state index < -0.39 is 0 Å². The fourth-order valence-corrected chi connectivity index (χ4v) is 9.52. The van der Waals surface area contributed by atoms with Crippen molar-refractivity contribution in [2.45, 2.75) is 70.0 Å². The Kier molecular flexibility index (Phi) is 3.51. The Morgan fingerprint density at radius 3 is 2.14 bits per heavy atom. The highest BCUT2D eigenvalue weighted by Gasteiger charge is 2.65. The minimum Gasteiger partial charge on any atom is -0.465 e. The average molecular weight is 387 g/mol. The van der Waals surface area contributed by atoms with Crippen LogP contribution < -0.4 is 0 Å². The second kappa shape index (κ2) is 5.75. The zero-order chi connectivity index (χ0) is 18.5. The molecule has 9 fully saturated rings. The lowest BCUT2D eigenvalue weighted by atomic mass is 9.49. The highest BCUT2D eigenvalue weighted by Crippen LogP contribution is 2.65. The summed E-state index contributed by atoms with van der Waals surface area (Å²) in [5, 5.41) is 0. The quantitative estimate of drug-likeness (QED) is 0.683. The molecule has 4 heteroatoms. The summed E-state index contributed by atoms with van der Waals surface area (Å²) in [7, 11) is 0. The molecule has 8 bridgehead atoms. The van der Waals surface area contributed by atoms with Crippen LogP contribution >= 0.6 is 0 Å². The van der Waals surface area contributed by atoms with Gasteiger partial charge >= 0.3 is 5.97 Å². The lowest BCUT2D eigenvalue weighted by Gasteiger charge is -2.55. The Bertz CT molecular complexity index is 639. The van der Waals surface area contributed by atoms with Crippen molar-refractivity contribution in [2.24, 2.45) is 52.8 Å². The highest BCUT2D eigenvalue weighted by molar-refractivity contribution is 5.77.